The second kappa shape index (κ2) is 9.30. The Morgan fingerprint density at radius 2 is 1.62 bits per heavy atom. The number of aryl methyl sites for hydroxylation is 2. The first-order valence-corrected chi connectivity index (χ1v) is 10.4. The lowest BCUT2D eigenvalue weighted by molar-refractivity contribution is 0.252. The minimum Gasteiger partial charge on any atom is -0.256 e. The molecule has 0 aliphatic heterocycles. The zero-order valence-corrected chi connectivity index (χ0v) is 16.3. The topological polar surface area (TPSA) is 12.9 Å². The Kier molecular flexibility index (Phi) is 6.82. The van der Waals surface area contributed by atoms with Crippen molar-refractivity contribution in [3.63, 3.8) is 0 Å². The fourth-order valence-corrected chi connectivity index (χ4v) is 4.30. The van der Waals surface area contributed by atoms with Crippen LogP contribution in [0.2, 0.25) is 0 Å². The van der Waals surface area contributed by atoms with Crippen LogP contribution in [0, 0.1) is 17.7 Å². The zero-order chi connectivity index (χ0) is 18.4. The molecule has 0 amide bonds. The lowest BCUT2D eigenvalue weighted by Gasteiger charge is -2.28. The van der Waals surface area contributed by atoms with Crippen LogP contribution < -0.4 is 0 Å². The molecule has 1 nitrogen and oxygen atoms in total. The Bertz CT molecular complexity index is 684. The van der Waals surface area contributed by atoms with Crippen LogP contribution in [-0.4, -0.2) is 4.98 Å². The molecule has 1 aliphatic carbocycles. The number of hydrogen-bond donors (Lipinski definition) is 0. The van der Waals surface area contributed by atoms with E-state index in [1.54, 1.807) is 6.07 Å². The highest BCUT2D eigenvalue weighted by atomic mass is 19.1. The van der Waals surface area contributed by atoms with Gasteiger partial charge in [-0.2, -0.15) is 0 Å². The van der Waals surface area contributed by atoms with E-state index in [-0.39, 0.29) is 5.82 Å². The monoisotopic (exact) mass is 353 g/mol. The normalized spacial score (nSPS) is 20.3. The minimum absolute atomic E-state index is 0.147. The van der Waals surface area contributed by atoms with Crippen LogP contribution >= 0.6 is 0 Å². The Hall–Kier alpha value is -1.70. The summed E-state index contributed by atoms with van der Waals surface area (Å²) in [7, 11) is 0. The largest absolute Gasteiger partial charge is 0.256 e. The van der Waals surface area contributed by atoms with Crippen LogP contribution in [-0.2, 0) is 12.8 Å². The molecule has 1 aromatic heterocycles. The lowest BCUT2D eigenvalue weighted by Crippen LogP contribution is -2.15. The number of nitrogens with zero attached hydrogens (tertiary/aromatic N) is 1. The van der Waals surface area contributed by atoms with E-state index in [4.69, 9.17) is 0 Å². The molecule has 140 valence electrons. The first-order valence-electron chi connectivity index (χ1n) is 10.4. The van der Waals surface area contributed by atoms with Gasteiger partial charge in [-0.1, -0.05) is 64.5 Å². The number of rotatable bonds is 7. The van der Waals surface area contributed by atoms with Crippen molar-refractivity contribution in [2.45, 2.75) is 71.6 Å². The molecular formula is C24H32FN. The zero-order valence-electron chi connectivity index (χ0n) is 16.3. The first kappa shape index (κ1) is 19.1. The SMILES string of the molecule is CCC[C@H]1CC[C@H](CCc2ccc(-c3ccc(CC)cn3)c(F)c2)CC1. The second-order valence-corrected chi connectivity index (χ2v) is 7.93. The molecule has 3 rings (SSSR count). The van der Waals surface area contributed by atoms with Gasteiger partial charge in [0.25, 0.3) is 0 Å². The van der Waals surface area contributed by atoms with E-state index >= 15 is 0 Å². The van der Waals surface area contributed by atoms with Gasteiger partial charge in [0.05, 0.1) is 5.69 Å². The van der Waals surface area contributed by atoms with E-state index in [0.717, 1.165) is 35.9 Å². The highest BCUT2D eigenvalue weighted by Crippen LogP contribution is 2.34. The summed E-state index contributed by atoms with van der Waals surface area (Å²) >= 11 is 0. The average molecular weight is 354 g/mol. The summed E-state index contributed by atoms with van der Waals surface area (Å²) in [5.74, 6) is 1.64. The molecule has 2 aromatic rings. The van der Waals surface area contributed by atoms with Crippen LogP contribution in [0.15, 0.2) is 36.5 Å². The van der Waals surface area contributed by atoms with Crippen molar-refractivity contribution < 1.29 is 4.39 Å². The lowest BCUT2D eigenvalue weighted by atomic mass is 9.78. The van der Waals surface area contributed by atoms with Gasteiger partial charge in [0, 0.05) is 11.8 Å². The van der Waals surface area contributed by atoms with Crippen molar-refractivity contribution in [1.82, 2.24) is 4.98 Å². The molecule has 0 saturated heterocycles. The van der Waals surface area contributed by atoms with Crippen molar-refractivity contribution in [3.8, 4) is 11.3 Å². The summed E-state index contributed by atoms with van der Waals surface area (Å²) in [4.78, 5) is 4.41. The molecule has 1 heterocycles. The van der Waals surface area contributed by atoms with Gasteiger partial charge < -0.3 is 0 Å². The summed E-state index contributed by atoms with van der Waals surface area (Å²) in [6.45, 7) is 4.39. The van der Waals surface area contributed by atoms with Crippen molar-refractivity contribution in [2.75, 3.05) is 0 Å². The van der Waals surface area contributed by atoms with Gasteiger partial charge in [0.1, 0.15) is 5.82 Å². The van der Waals surface area contributed by atoms with Crippen molar-refractivity contribution >= 4 is 0 Å². The molecule has 0 atom stereocenters. The molecule has 1 aliphatic rings. The standard InChI is InChI=1S/C24H32FN/c1-3-5-19-6-8-20(9-7-19)10-11-21-12-14-22(23(25)16-21)24-15-13-18(4-2)17-26-24/h12-17,19-20H,3-11H2,1-2H3/t19-,20-. The molecule has 0 bridgehead atoms. The maximum absolute atomic E-state index is 14.6. The third kappa shape index (κ3) is 4.93. The predicted molar refractivity (Wildman–Crippen MR) is 108 cm³/mol. The summed E-state index contributed by atoms with van der Waals surface area (Å²) in [6, 6.07) is 9.65. The molecule has 0 spiro atoms. The smallest absolute Gasteiger partial charge is 0.132 e. The van der Waals surface area contributed by atoms with Crippen molar-refractivity contribution in [2.24, 2.45) is 11.8 Å². The van der Waals surface area contributed by atoms with E-state index in [9.17, 15) is 4.39 Å². The molecule has 1 fully saturated rings. The van der Waals surface area contributed by atoms with Gasteiger partial charge in [0.2, 0.25) is 0 Å². The van der Waals surface area contributed by atoms with E-state index in [2.05, 4.69) is 24.9 Å². The van der Waals surface area contributed by atoms with Crippen LogP contribution in [0.5, 0.6) is 0 Å². The average Bonchev–Trinajstić information content (AvgIpc) is 2.68. The maximum atomic E-state index is 14.6. The van der Waals surface area contributed by atoms with Gasteiger partial charge >= 0.3 is 0 Å². The van der Waals surface area contributed by atoms with Crippen molar-refractivity contribution in [3.05, 3.63) is 53.5 Å². The van der Waals surface area contributed by atoms with E-state index < -0.39 is 0 Å². The Labute approximate surface area is 158 Å². The van der Waals surface area contributed by atoms with Gasteiger partial charge in [-0.3, -0.25) is 4.98 Å². The number of benzene rings is 1. The summed E-state index contributed by atoms with van der Waals surface area (Å²) in [6.07, 6.45) is 13.2. The van der Waals surface area contributed by atoms with E-state index in [1.807, 2.05) is 24.4 Å². The Morgan fingerprint density at radius 3 is 2.19 bits per heavy atom. The van der Waals surface area contributed by atoms with Gasteiger partial charge in [-0.25, -0.2) is 4.39 Å². The minimum atomic E-state index is -0.147. The number of pyridine rings is 1. The Morgan fingerprint density at radius 1 is 0.923 bits per heavy atom. The van der Waals surface area contributed by atoms with Gasteiger partial charge in [-0.05, 0) is 60.4 Å². The third-order valence-electron chi connectivity index (χ3n) is 6.05. The predicted octanol–water partition coefficient (Wildman–Crippen LogP) is 6.99. The third-order valence-corrected chi connectivity index (χ3v) is 6.05. The summed E-state index contributed by atoms with van der Waals surface area (Å²) in [5, 5.41) is 0. The molecule has 0 unspecified atom stereocenters. The van der Waals surface area contributed by atoms with E-state index in [1.165, 1.54) is 50.5 Å². The van der Waals surface area contributed by atoms with Crippen LogP contribution in [0.25, 0.3) is 11.3 Å². The first-order chi connectivity index (χ1) is 12.7. The summed E-state index contributed by atoms with van der Waals surface area (Å²) < 4.78 is 14.6. The number of aromatic nitrogens is 1. The highest BCUT2D eigenvalue weighted by Gasteiger charge is 2.20. The molecule has 2 heteroatoms. The highest BCUT2D eigenvalue weighted by molar-refractivity contribution is 5.60. The van der Waals surface area contributed by atoms with Gasteiger partial charge in [-0.15, -0.1) is 0 Å². The molecule has 0 radical (unpaired) electrons. The molecule has 0 N–H and O–H groups in total. The molecule has 1 aromatic carbocycles. The van der Waals surface area contributed by atoms with Crippen LogP contribution in [0.4, 0.5) is 4.39 Å². The van der Waals surface area contributed by atoms with Gasteiger partial charge in [0.15, 0.2) is 0 Å². The quantitative estimate of drug-likeness (QED) is 0.523. The maximum Gasteiger partial charge on any atom is 0.132 e. The summed E-state index contributed by atoms with van der Waals surface area (Å²) in [5.41, 5.74) is 3.63. The second-order valence-electron chi connectivity index (χ2n) is 7.93. The number of halogens is 1. The van der Waals surface area contributed by atoms with Crippen molar-refractivity contribution in [1.29, 1.82) is 0 Å². The van der Waals surface area contributed by atoms with Crippen LogP contribution in [0.1, 0.15) is 69.9 Å². The van der Waals surface area contributed by atoms with E-state index in [0.29, 0.717) is 5.56 Å². The molecule has 1 saturated carbocycles. The molecule has 26 heavy (non-hydrogen) atoms. The fraction of sp³-hybridized carbons (Fsp3) is 0.542. The fourth-order valence-electron chi connectivity index (χ4n) is 4.30. The van der Waals surface area contributed by atoms with Crippen LogP contribution in [0.3, 0.4) is 0 Å². The molecular weight excluding hydrogens is 321 g/mol. The Balaban J connectivity index is 1.56. The number of hydrogen-bond acceptors (Lipinski definition) is 1.